The number of nitrogens with zero attached hydrogens (tertiary/aromatic N) is 3. The van der Waals surface area contributed by atoms with Gasteiger partial charge in [0, 0.05) is 19.2 Å². The third kappa shape index (κ3) is 4.89. The lowest BCUT2D eigenvalue weighted by molar-refractivity contribution is -0.119. The van der Waals surface area contributed by atoms with Crippen LogP contribution in [0.25, 0.3) is 5.69 Å². The number of benzene rings is 1. The first kappa shape index (κ1) is 21.7. The Morgan fingerprint density at radius 1 is 1.27 bits per heavy atom. The second-order valence-corrected chi connectivity index (χ2v) is 7.24. The van der Waals surface area contributed by atoms with Gasteiger partial charge in [0.15, 0.2) is 0 Å². The highest BCUT2D eigenvalue weighted by Gasteiger charge is 2.32. The molecule has 1 saturated heterocycles. The number of pyridine rings is 1. The van der Waals surface area contributed by atoms with Crippen LogP contribution in [-0.2, 0) is 9.53 Å². The number of rotatable bonds is 6. The van der Waals surface area contributed by atoms with Gasteiger partial charge in [0.1, 0.15) is 29.8 Å². The normalized spacial score (nSPS) is 15.3. The van der Waals surface area contributed by atoms with Crippen LogP contribution < -0.4 is 21.1 Å². The van der Waals surface area contributed by atoms with E-state index in [0.29, 0.717) is 0 Å². The number of amides is 3. The van der Waals surface area contributed by atoms with Gasteiger partial charge in [-0.05, 0) is 24.3 Å². The Morgan fingerprint density at radius 2 is 2.09 bits per heavy atom. The van der Waals surface area contributed by atoms with Crippen molar-refractivity contribution >= 4 is 29.4 Å². The first-order valence-electron chi connectivity index (χ1n) is 9.87. The Morgan fingerprint density at radius 3 is 2.82 bits per heavy atom. The number of imidazole rings is 1. The van der Waals surface area contributed by atoms with Gasteiger partial charge in [-0.1, -0.05) is 6.07 Å². The number of nitrogens with one attached hydrogen (secondary N) is 3. The topological polar surface area (TPSA) is 138 Å². The molecule has 11 nitrogen and oxygen atoms in total. The van der Waals surface area contributed by atoms with Crippen molar-refractivity contribution in [3.63, 3.8) is 0 Å². The molecule has 1 fully saturated rings. The summed E-state index contributed by atoms with van der Waals surface area (Å²) in [5.41, 5.74) is 0.0365. The second-order valence-electron chi connectivity index (χ2n) is 7.24. The maximum atomic E-state index is 14.8. The van der Waals surface area contributed by atoms with E-state index in [9.17, 15) is 23.6 Å². The van der Waals surface area contributed by atoms with Crippen molar-refractivity contribution in [2.45, 2.75) is 13.0 Å². The molecule has 0 saturated carbocycles. The summed E-state index contributed by atoms with van der Waals surface area (Å²) in [5.74, 6) is -1.28. The minimum Gasteiger partial charge on any atom is -0.442 e. The largest absolute Gasteiger partial charge is 0.442 e. The van der Waals surface area contributed by atoms with Crippen molar-refractivity contribution in [2.75, 3.05) is 23.3 Å². The van der Waals surface area contributed by atoms with Crippen molar-refractivity contribution < 1.29 is 23.5 Å². The Hall–Kier alpha value is -4.48. The number of H-pyrrole nitrogens is 1. The molecule has 0 spiro atoms. The summed E-state index contributed by atoms with van der Waals surface area (Å²) in [6, 6.07) is 8.46. The number of halogens is 1. The maximum Gasteiger partial charge on any atom is 0.414 e. The number of hydrogen-bond acceptors (Lipinski definition) is 6. The molecule has 2 aromatic heterocycles. The van der Waals surface area contributed by atoms with E-state index >= 15 is 0 Å². The zero-order chi connectivity index (χ0) is 23.5. The Balaban J connectivity index is 1.47. The highest BCUT2D eigenvalue weighted by molar-refractivity contribution is 6.02. The van der Waals surface area contributed by atoms with E-state index in [0.717, 1.165) is 0 Å². The van der Waals surface area contributed by atoms with E-state index in [1.807, 2.05) is 0 Å². The summed E-state index contributed by atoms with van der Waals surface area (Å²) in [7, 11) is 0. The average molecular weight is 454 g/mol. The summed E-state index contributed by atoms with van der Waals surface area (Å²) in [5, 5.41) is 5.08. The second kappa shape index (κ2) is 8.94. The van der Waals surface area contributed by atoms with Crippen LogP contribution in [0.5, 0.6) is 0 Å². The maximum absolute atomic E-state index is 14.8. The van der Waals surface area contributed by atoms with Crippen LogP contribution in [0.4, 0.5) is 20.7 Å². The first-order chi connectivity index (χ1) is 15.8. The fourth-order valence-corrected chi connectivity index (χ4v) is 3.25. The van der Waals surface area contributed by atoms with Crippen molar-refractivity contribution in [1.82, 2.24) is 19.9 Å². The number of aromatic amines is 1. The van der Waals surface area contributed by atoms with Gasteiger partial charge >= 0.3 is 6.09 Å². The molecule has 3 N–H and O–H groups in total. The molecule has 3 amide bonds. The summed E-state index contributed by atoms with van der Waals surface area (Å²) in [6.45, 7) is 1.68. The minimum absolute atomic E-state index is 0.00659. The van der Waals surface area contributed by atoms with Crippen LogP contribution in [0, 0.1) is 5.82 Å². The summed E-state index contributed by atoms with van der Waals surface area (Å²) in [6.07, 6.45) is 1.42. The number of hydrogen-bond donors (Lipinski definition) is 3. The van der Waals surface area contributed by atoms with E-state index in [2.05, 4.69) is 20.6 Å². The molecule has 3 aromatic rings. The van der Waals surface area contributed by atoms with E-state index in [-0.39, 0.29) is 47.4 Å². The van der Waals surface area contributed by atoms with Crippen LogP contribution in [-0.4, -0.2) is 51.6 Å². The Bertz CT molecular complexity index is 1290. The van der Waals surface area contributed by atoms with E-state index in [1.165, 1.54) is 65.3 Å². The standard InChI is InChI=1S/C21H19FN6O5/c1-12(29)23-8-14-9-28(21(32)33-14)13-5-6-17(15(22)7-13)27-10-16(24-11-27)20(31)26-18-3-2-4-19(30)25-18/h2-7,10-11,14H,8-9H2,1H3,(H,23,29)(H2,25,26,30,31)/t14-/m0/s1. The van der Waals surface area contributed by atoms with Gasteiger partial charge in [0.25, 0.3) is 5.91 Å². The van der Waals surface area contributed by atoms with Crippen molar-refractivity contribution in [3.8, 4) is 5.69 Å². The molecule has 0 unspecified atom stereocenters. The van der Waals surface area contributed by atoms with Gasteiger partial charge < -0.3 is 24.9 Å². The molecule has 1 aromatic carbocycles. The zero-order valence-corrected chi connectivity index (χ0v) is 17.4. The number of ether oxygens (including phenoxy) is 1. The summed E-state index contributed by atoms with van der Waals surface area (Å²) < 4.78 is 21.4. The molecule has 3 heterocycles. The third-order valence-electron chi connectivity index (χ3n) is 4.81. The molecule has 1 atom stereocenters. The number of carbonyl (C=O) groups is 3. The summed E-state index contributed by atoms with van der Waals surface area (Å²) in [4.78, 5) is 54.6. The fourth-order valence-electron chi connectivity index (χ4n) is 3.25. The number of aromatic nitrogens is 3. The Kier molecular flexibility index (Phi) is 5.89. The fraction of sp³-hybridized carbons (Fsp3) is 0.190. The van der Waals surface area contributed by atoms with Gasteiger partial charge in [-0.2, -0.15) is 0 Å². The minimum atomic E-state index is -0.651. The Labute approximate surface area is 186 Å². The van der Waals surface area contributed by atoms with Crippen LogP contribution in [0.1, 0.15) is 17.4 Å². The molecule has 4 rings (SSSR count). The molecule has 33 heavy (non-hydrogen) atoms. The van der Waals surface area contributed by atoms with Crippen LogP contribution in [0.3, 0.4) is 0 Å². The molecule has 170 valence electrons. The van der Waals surface area contributed by atoms with E-state index in [1.54, 1.807) is 0 Å². The van der Waals surface area contributed by atoms with Crippen molar-refractivity contribution in [3.05, 3.63) is 70.8 Å². The number of cyclic esters (lactones) is 1. The predicted octanol–water partition coefficient (Wildman–Crippen LogP) is 1.41. The van der Waals surface area contributed by atoms with Crippen molar-refractivity contribution in [2.24, 2.45) is 0 Å². The third-order valence-corrected chi connectivity index (χ3v) is 4.81. The highest BCUT2D eigenvalue weighted by atomic mass is 19.1. The highest BCUT2D eigenvalue weighted by Crippen LogP contribution is 2.25. The lowest BCUT2D eigenvalue weighted by atomic mass is 10.2. The van der Waals surface area contributed by atoms with Crippen LogP contribution in [0.2, 0.25) is 0 Å². The van der Waals surface area contributed by atoms with Crippen LogP contribution in [0.15, 0.2) is 53.7 Å². The van der Waals surface area contributed by atoms with E-state index < -0.39 is 23.9 Å². The first-order valence-corrected chi connectivity index (χ1v) is 9.87. The molecular formula is C21H19FN6O5. The van der Waals surface area contributed by atoms with E-state index in [4.69, 9.17) is 4.74 Å². The van der Waals surface area contributed by atoms with Gasteiger partial charge in [0.2, 0.25) is 11.5 Å². The predicted molar refractivity (Wildman–Crippen MR) is 115 cm³/mol. The molecule has 0 aliphatic carbocycles. The van der Waals surface area contributed by atoms with Crippen LogP contribution >= 0.6 is 0 Å². The lowest BCUT2D eigenvalue weighted by Crippen LogP contribution is -2.33. The number of anilines is 2. The quantitative estimate of drug-likeness (QED) is 0.515. The van der Waals surface area contributed by atoms with Gasteiger partial charge in [0.05, 0.1) is 24.5 Å². The van der Waals surface area contributed by atoms with Gasteiger partial charge in [-0.3, -0.25) is 19.3 Å². The molecule has 1 aliphatic rings. The van der Waals surface area contributed by atoms with Crippen molar-refractivity contribution in [1.29, 1.82) is 0 Å². The number of carbonyl (C=O) groups excluding carboxylic acids is 3. The van der Waals surface area contributed by atoms with Gasteiger partial charge in [-0.25, -0.2) is 14.2 Å². The molecule has 0 radical (unpaired) electrons. The smallest absolute Gasteiger partial charge is 0.414 e. The lowest BCUT2D eigenvalue weighted by Gasteiger charge is -2.14. The van der Waals surface area contributed by atoms with Gasteiger partial charge in [-0.15, -0.1) is 0 Å². The molecule has 1 aliphatic heterocycles. The SMILES string of the molecule is CC(=O)NC[C@H]1CN(c2ccc(-n3cnc(C(=O)Nc4cccc(=O)[nH]4)c3)c(F)c2)C(=O)O1. The zero-order valence-electron chi connectivity index (χ0n) is 17.4. The monoisotopic (exact) mass is 454 g/mol. The average Bonchev–Trinajstić information content (AvgIpc) is 3.39. The molecular weight excluding hydrogens is 435 g/mol. The summed E-state index contributed by atoms with van der Waals surface area (Å²) >= 11 is 0. The molecule has 0 bridgehead atoms. The molecule has 12 heteroatoms.